The number of hydrogen-bond donors (Lipinski definition) is 1. The topological polar surface area (TPSA) is 95.0 Å². The Morgan fingerprint density at radius 3 is 1.96 bits per heavy atom. The zero-order valence-electron chi connectivity index (χ0n) is 12.8. The fourth-order valence-corrected chi connectivity index (χ4v) is 3.34. The number of carboxylic acids is 1. The molecule has 2 atom stereocenters. The minimum Gasteiger partial charge on any atom is -0.477 e. The van der Waals surface area contributed by atoms with Crippen molar-refractivity contribution in [2.24, 2.45) is 0 Å². The first-order valence-electron chi connectivity index (χ1n) is 7.12. The van der Waals surface area contributed by atoms with Crippen molar-refractivity contribution in [3.05, 3.63) is 46.7 Å². The molecule has 8 heteroatoms. The third kappa shape index (κ3) is 2.05. The van der Waals surface area contributed by atoms with Gasteiger partial charge in [0.1, 0.15) is 11.2 Å². The second kappa shape index (κ2) is 5.45. The average molecular weight is 349 g/mol. The van der Waals surface area contributed by atoms with Gasteiger partial charge in [-0.1, -0.05) is 23.7 Å². The molecule has 0 bridgehead atoms. The Bertz CT molecular complexity index is 793. The molecule has 24 heavy (non-hydrogen) atoms. The number of carbonyl (C=O) groups is 4. The van der Waals surface area contributed by atoms with Gasteiger partial charge in [-0.05, 0) is 31.6 Å². The lowest BCUT2D eigenvalue weighted by Crippen LogP contribution is -2.69. The third-order valence-electron chi connectivity index (χ3n) is 4.02. The Kier molecular flexibility index (Phi) is 3.68. The van der Waals surface area contributed by atoms with Crippen molar-refractivity contribution in [2.75, 3.05) is 0 Å². The van der Waals surface area contributed by atoms with E-state index in [1.807, 2.05) is 0 Å². The van der Waals surface area contributed by atoms with Crippen LogP contribution in [0.4, 0.5) is 0 Å². The number of fused-ring (bicyclic) bond motifs is 1. The maximum Gasteiger partial charge on any atom is 0.352 e. The highest BCUT2D eigenvalue weighted by atomic mass is 35.5. The summed E-state index contributed by atoms with van der Waals surface area (Å²) in [5, 5.41) is 9.25. The number of allylic oxidation sites excluding steroid dienone is 1. The van der Waals surface area contributed by atoms with E-state index in [-0.39, 0.29) is 16.8 Å². The monoisotopic (exact) mass is 348 g/mol. The Labute approximate surface area is 142 Å². The molecule has 1 saturated heterocycles. The number of carboxylic acid groups (broad SMARTS) is 1. The lowest BCUT2D eigenvalue weighted by Gasteiger charge is -2.46. The number of β-lactam (4-membered cyclic amide) rings is 1. The van der Waals surface area contributed by atoms with Crippen LogP contribution in [0.1, 0.15) is 34.6 Å². The average Bonchev–Trinajstić information content (AvgIpc) is 2.77. The molecule has 1 N–H and O–H groups in total. The van der Waals surface area contributed by atoms with Gasteiger partial charge in [0.15, 0.2) is 6.04 Å². The lowest BCUT2D eigenvalue weighted by molar-refractivity contribution is -0.152. The SMILES string of the molecule is CC(C)=C(C(=O)O)N1C(=O)[C@H](N2C(=O)c3ccccc3C2=O)[C@H]1Cl. The van der Waals surface area contributed by atoms with Gasteiger partial charge in [0, 0.05) is 0 Å². The van der Waals surface area contributed by atoms with Crippen LogP contribution in [0.3, 0.4) is 0 Å². The standard InChI is InChI=1S/C16H13ClN2O5/c1-7(2)10(16(23)24)18-12(17)11(15(18)22)19-13(20)8-5-3-4-6-9(8)14(19)21/h3-6,11-12H,1-2H3,(H,23,24)/t11-,12+/m1/s1. The maximum atomic E-state index is 12.4. The third-order valence-corrected chi connectivity index (χ3v) is 4.45. The summed E-state index contributed by atoms with van der Waals surface area (Å²) in [7, 11) is 0. The first-order chi connectivity index (χ1) is 11.3. The highest BCUT2D eigenvalue weighted by Gasteiger charge is 2.57. The summed E-state index contributed by atoms with van der Waals surface area (Å²) >= 11 is 6.17. The predicted octanol–water partition coefficient (Wildman–Crippen LogP) is 1.44. The molecule has 0 aliphatic carbocycles. The first-order valence-corrected chi connectivity index (χ1v) is 7.55. The fourth-order valence-electron chi connectivity index (χ4n) is 2.93. The molecule has 3 amide bonds. The Balaban J connectivity index is 1.94. The van der Waals surface area contributed by atoms with Gasteiger partial charge in [0.25, 0.3) is 17.7 Å². The van der Waals surface area contributed by atoms with Crippen LogP contribution in [0.2, 0.25) is 0 Å². The number of hydrogen-bond acceptors (Lipinski definition) is 4. The van der Waals surface area contributed by atoms with Crippen LogP contribution in [-0.4, -0.2) is 50.1 Å². The van der Waals surface area contributed by atoms with Crippen molar-refractivity contribution in [1.29, 1.82) is 0 Å². The molecule has 2 heterocycles. The zero-order chi connectivity index (χ0) is 17.8. The Hall–Kier alpha value is -2.67. The zero-order valence-corrected chi connectivity index (χ0v) is 13.6. The number of imide groups is 1. The van der Waals surface area contributed by atoms with Crippen molar-refractivity contribution < 1.29 is 24.3 Å². The van der Waals surface area contributed by atoms with E-state index in [1.165, 1.54) is 26.0 Å². The Morgan fingerprint density at radius 1 is 1.08 bits per heavy atom. The van der Waals surface area contributed by atoms with Gasteiger partial charge in [-0.3, -0.25) is 24.2 Å². The smallest absolute Gasteiger partial charge is 0.352 e. The molecule has 0 aromatic heterocycles. The number of carbonyl (C=O) groups excluding carboxylic acids is 3. The molecular weight excluding hydrogens is 336 g/mol. The van der Waals surface area contributed by atoms with E-state index in [2.05, 4.69) is 0 Å². The van der Waals surface area contributed by atoms with Crippen LogP contribution in [0.25, 0.3) is 0 Å². The molecule has 7 nitrogen and oxygen atoms in total. The van der Waals surface area contributed by atoms with Gasteiger partial charge in [-0.15, -0.1) is 0 Å². The van der Waals surface area contributed by atoms with E-state index in [1.54, 1.807) is 12.1 Å². The molecule has 0 saturated carbocycles. The van der Waals surface area contributed by atoms with Gasteiger partial charge >= 0.3 is 5.97 Å². The van der Waals surface area contributed by atoms with Crippen LogP contribution in [0.5, 0.6) is 0 Å². The molecular formula is C16H13ClN2O5. The highest BCUT2D eigenvalue weighted by molar-refractivity contribution is 6.30. The van der Waals surface area contributed by atoms with Crippen LogP contribution in [-0.2, 0) is 9.59 Å². The molecule has 1 aromatic carbocycles. The van der Waals surface area contributed by atoms with Crippen LogP contribution >= 0.6 is 11.6 Å². The number of benzene rings is 1. The van der Waals surface area contributed by atoms with Crippen molar-refractivity contribution in [1.82, 2.24) is 9.80 Å². The van der Waals surface area contributed by atoms with Gasteiger partial charge in [0.05, 0.1) is 11.1 Å². The second-order valence-electron chi connectivity index (χ2n) is 5.71. The van der Waals surface area contributed by atoms with Crippen molar-refractivity contribution in [3.8, 4) is 0 Å². The molecule has 0 radical (unpaired) electrons. The maximum absolute atomic E-state index is 12.4. The number of alkyl halides is 1. The van der Waals surface area contributed by atoms with Crippen molar-refractivity contribution in [2.45, 2.75) is 25.4 Å². The van der Waals surface area contributed by atoms with Gasteiger partial charge in [-0.25, -0.2) is 4.79 Å². The molecule has 2 aliphatic heterocycles. The van der Waals surface area contributed by atoms with E-state index < -0.39 is 35.2 Å². The number of likely N-dealkylation sites (tertiary alicyclic amines) is 1. The molecule has 124 valence electrons. The number of rotatable bonds is 3. The van der Waals surface area contributed by atoms with E-state index in [0.717, 1.165) is 9.80 Å². The van der Waals surface area contributed by atoms with E-state index >= 15 is 0 Å². The van der Waals surface area contributed by atoms with E-state index in [4.69, 9.17) is 11.6 Å². The number of amides is 3. The first kappa shape index (κ1) is 16.2. The van der Waals surface area contributed by atoms with Crippen LogP contribution in [0.15, 0.2) is 35.5 Å². The van der Waals surface area contributed by atoms with Gasteiger partial charge in [0.2, 0.25) is 0 Å². The van der Waals surface area contributed by atoms with E-state index in [0.29, 0.717) is 5.57 Å². The minimum absolute atomic E-state index is 0.207. The van der Waals surface area contributed by atoms with Crippen LogP contribution < -0.4 is 0 Å². The lowest BCUT2D eigenvalue weighted by atomic mass is 10.0. The van der Waals surface area contributed by atoms with Gasteiger partial charge < -0.3 is 5.11 Å². The normalized spacial score (nSPS) is 22.4. The summed E-state index contributed by atoms with van der Waals surface area (Å²) in [4.78, 5) is 50.3. The van der Waals surface area contributed by atoms with Crippen molar-refractivity contribution >= 4 is 35.3 Å². The molecule has 0 unspecified atom stereocenters. The summed E-state index contributed by atoms with van der Waals surface area (Å²) in [6.45, 7) is 3.07. The minimum atomic E-state index is -1.30. The quantitative estimate of drug-likeness (QED) is 0.293. The number of nitrogens with zero attached hydrogens (tertiary/aromatic N) is 2. The second-order valence-corrected chi connectivity index (χ2v) is 6.15. The largest absolute Gasteiger partial charge is 0.477 e. The number of halogens is 1. The highest BCUT2D eigenvalue weighted by Crippen LogP contribution is 2.37. The molecule has 2 aliphatic rings. The summed E-state index contributed by atoms with van der Waals surface area (Å²) < 4.78 is 0. The number of aliphatic carboxylic acids is 1. The van der Waals surface area contributed by atoms with Crippen LogP contribution in [0, 0.1) is 0 Å². The molecule has 1 aromatic rings. The van der Waals surface area contributed by atoms with E-state index in [9.17, 15) is 24.3 Å². The molecule has 1 fully saturated rings. The Morgan fingerprint density at radius 2 is 1.58 bits per heavy atom. The van der Waals surface area contributed by atoms with Gasteiger partial charge in [-0.2, -0.15) is 0 Å². The summed E-state index contributed by atoms with van der Waals surface area (Å²) in [6, 6.07) is 5.02. The molecule has 3 rings (SSSR count). The summed E-state index contributed by atoms with van der Waals surface area (Å²) in [5.41, 5.74) is -0.563. The fraction of sp³-hybridized carbons (Fsp3) is 0.250. The van der Waals surface area contributed by atoms with Crippen molar-refractivity contribution in [3.63, 3.8) is 0 Å². The summed E-state index contributed by atoms with van der Waals surface area (Å²) in [5.74, 6) is -3.19. The summed E-state index contributed by atoms with van der Waals surface area (Å²) in [6.07, 6.45) is 0. The predicted molar refractivity (Wildman–Crippen MR) is 83.2 cm³/mol. The molecule has 0 spiro atoms.